The van der Waals surface area contributed by atoms with E-state index in [1.165, 1.54) is 12.4 Å². The first-order chi connectivity index (χ1) is 19.2. The normalized spacial score (nSPS) is 14.9. The minimum absolute atomic E-state index is 0.0108. The van der Waals surface area contributed by atoms with E-state index in [-0.39, 0.29) is 24.0 Å². The molecule has 0 aliphatic carbocycles. The van der Waals surface area contributed by atoms with Crippen molar-refractivity contribution in [3.63, 3.8) is 0 Å². The van der Waals surface area contributed by atoms with Crippen LogP contribution in [0.15, 0.2) is 47.4 Å². The number of thiophene rings is 1. The second-order valence-electron chi connectivity index (χ2n) is 10.1. The second kappa shape index (κ2) is 13.8. The van der Waals surface area contributed by atoms with E-state index in [1.807, 2.05) is 23.8 Å². The molecule has 3 aromatic heterocycles. The number of nitrogens with zero attached hydrogens (tertiary/aromatic N) is 4. The van der Waals surface area contributed by atoms with Crippen molar-refractivity contribution < 1.29 is 14.4 Å². The van der Waals surface area contributed by atoms with E-state index in [1.54, 1.807) is 41.4 Å². The van der Waals surface area contributed by atoms with Crippen LogP contribution in [0.3, 0.4) is 0 Å². The molecule has 9 nitrogen and oxygen atoms in total. The van der Waals surface area contributed by atoms with E-state index in [9.17, 15) is 14.4 Å². The lowest BCUT2D eigenvalue weighted by molar-refractivity contribution is 0.0854. The first kappa shape index (κ1) is 29.6. The molecular weight excluding hydrogens is 548 g/mol. The summed E-state index contributed by atoms with van der Waals surface area (Å²) in [4.78, 5) is 51.0. The number of imide groups is 1. The van der Waals surface area contributed by atoms with Crippen molar-refractivity contribution in [3.8, 4) is 0 Å². The predicted octanol–water partition coefficient (Wildman–Crippen LogP) is 4.83. The SMILES string of the molecule is Cc1cc(Cl)nc(C)c1C(=O)NCC[C@@H](C)N1CCC(N(Cc2ccsc2)C(=O)NC(=O)c2ccncc2)CC1. The molecule has 40 heavy (non-hydrogen) atoms. The molecule has 212 valence electrons. The molecule has 4 rings (SSSR count). The Hall–Kier alpha value is -3.34. The molecule has 1 aliphatic rings. The van der Waals surface area contributed by atoms with Gasteiger partial charge in [0.25, 0.3) is 11.8 Å². The van der Waals surface area contributed by atoms with Crippen molar-refractivity contribution in [2.24, 2.45) is 0 Å². The van der Waals surface area contributed by atoms with Gasteiger partial charge in [0, 0.05) is 56.2 Å². The van der Waals surface area contributed by atoms with E-state index < -0.39 is 5.91 Å². The van der Waals surface area contributed by atoms with Crippen LogP contribution < -0.4 is 10.6 Å². The van der Waals surface area contributed by atoms with Crippen molar-refractivity contribution in [2.75, 3.05) is 19.6 Å². The van der Waals surface area contributed by atoms with Crippen LogP contribution in [0.4, 0.5) is 4.79 Å². The maximum Gasteiger partial charge on any atom is 0.324 e. The number of halogens is 1. The highest BCUT2D eigenvalue weighted by molar-refractivity contribution is 7.07. The lowest BCUT2D eigenvalue weighted by Crippen LogP contribution is -2.52. The van der Waals surface area contributed by atoms with Crippen LogP contribution >= 0.6 is 22.9 Å². The van der Waals surface area contributed by atoms with E-state index in [0.29, 0.717) is 35.1 Å². The summed E-state index contributed by atoms with van der Waals surface area (Å²) >= 11 is 7.58. The first-order valence-electron chi connectivity index (χ1n) is 13.4. The Morgan fingerprint density at radius 3 is 2.52 bits per heavy atom. The summed E-state index contributed by atoms with van der Waals surface area (Å²) in [6.45, 7) is 8.46. The van der Waals surface area contributed by atoms with Crippen molar-refractivity contribution >= 4 is 40.8 Å². The van der Waals surface area contributed by atoms with Crippen LogP contribution in [-0.2, 0) is 6.54 Å². The van der Waals surface area contributed by atoms with Gasteiger partial charge in [-0.2, -0.15) is 11.3 Å². The highest BCUT2D eigenvalue weighted by Gasteiger charge is 2.30. The maximum absolute atomic E-state index is 13.3. The number of hydrogen-bond acceptors (Lipinski definition) is 7. The van der Waals surface area contributed by atoms with E-state index in [0.717, 1.165) is 43.5 Å². The van der Waals surface area contributed by atoms with Gasteiger partial charge in [-0.1, -0.05) is 11.6 Å². The smallest absolute Gasteiger partial charge is 0.324 e. The average molecular weight is 583 g/mol. The van der Waals surface area contributed by atoms with Gasteiger partial charge < -0.3 is 15.1 Å². The summed E-state index contributed by atoms with van der Waals surface area (Å²) in [5.41, 5.74) is 3.45. The number of nitrogens with one attached hydrogen (secondary N) is 2. The number of rotatable bonds is 9. The average Bonchev–Trinajstić information content (AvgIpc) is 3.45. The Kier molecular flexibility index (Phi) is 10.2. The van der Waals surface area contributed by atoms with E-state index in [2.05, 4.69) is 32.4 Å². The largest absolute Gasteiger partial charge is 0.352 e. The van der Waals surface area contributed by atoms with E-state index >= 15 is 0 Å². The number of hydrogen-bond donors (Lipinski definition) is 2. The third-order valence-corrected chi connectivity index (χ3v) is 8.29. The van der Waals surface area contributed by atoms with Crippen LogP contribution in [0.5, 0.6) is 0 Å². The Labute approximate surface area is 244 Å². The topological polar surface area (TPSA) is 108 Å². The summed E-state index contributed by atoms with van der Waals surface area (Å²) in [6.07, 6.45) is 5.46. The summed E-state index contributed by atoms with van der Waals surface area (Å²) < 4.78 is 0. The number of carbonyl (C=O) groups excluding carboxylic acids is 3. The van der Waals surface area contributed by atoms with Gasteiger partial charge in [-0.15, -0.1) is 0 Å². The molecule has 2 N–H and O–H groups in total. The number of carbonyl (C=O) groups is 3. The number of urea groups is 1. The summed E-state index contributed by atoms with van der Waals surface area (Å²) in [6, 6.07) is 6.77. The molecule has 4 amide bonds. The number of likely N-dealkylation sites (tertiary alicyclic amines) is 1. The van der Waals surface area contributed by atoms with Gasteiger partial charge in [0.1, 0.15) is 5.15 Å². The molecule has 1 aliphatic heterocycles. The molecule has 0 bridgehead atoms. The zero-order chi connectivity index (χ0) is 28.6. The number of aromatic nitrogens is 2. The fourth-order valence-electron chi connectivity index (χ4n) is 5.12. The minimum atomic E-state index is -0.435. The Morgan fingerprint density at radius 2 is 1.88 bits per heavy atom. The van der Waals surface area contributed by atoms with Crippen LogP contribution in [0, 0.1) is 13.8 Å². The highest BCUT2D eigenvalue weighted by atomic mass is 35.5. The summed E-state index contributed by atoms with van der Waals surface area (Å²) in [5.74, 6) is -0.572. The van der Waals surface area contributed by atoms with Crippen molar-refractivity contribution in [2.45, 2.75) is 58.7 Å². The lowest BCUT2D eigenvalue weighted by atomic mass is 10.0. The lowest BCUT2D eigenvalue weighted by Gasteiger charge is -2.40. The monoisotopic (exact) mass is 582 g/mol. The first-order valence-corrected chi connectivity index (χ1v) is 14.7. The van der Waals surface area contributed by atoms with Crippen LogP contribution in [-0.4, -0.2) is 69.3 Å². The quantitative estimate of drug-likeness (QED) is 0.350. The fraction of sp³-hybridized carbons (Fsp3) is 0.414. The molecule has 11 heteroatoms. The molecule has 0 spiro atoms. The Balaban J connectivity index is 1.30. The van der Waals surface area contributed by atoms with Crippen LogP contribution in [0.1, 0.15) is 63.7 Å². The van der Waals surface area contributed by atoms with Crippen molar-refractivity contribution in [1.82, 2.24) is 30.4 Å². The molecule has 0 saturated carbocycles. The fourth-order valence-corrected chi connectivity index (χ4v) is 6.07. The van der Waals surface area contributed by atoms with Gasteiger partial charge in [-0.3, -0.25) is 19.9 Å². The molecule has 4 heterocycles. The Morgan fingerprint density at radius 1 is 1.15 bits per heavy atom. The highest BCUT2D eigenvalue weighted by Crippen LogP contribution is 2.23. The number of amides is 4. The summed E-state index contributed by atoms with van der Waals surface area (Å²) in [5, 5.41) is 9.99. The zero-order valence-electron chi connectivity index (χ0n) is 23.0. The maximum atomic E-state index is 13.3. The molecule has 1 fully saturated rings. The molecule has 1 atom stereocenters. The number of aryl methyl sites for hydroxylation is 2. The van der Waals surface area contributed by atoms with Gasteiger partial charge in [-0.05, 0) is 86.2 Å². The van der Waals surface area contributed by atoms with Gasteiger partial charge in [-0.25, -0.2) is 9.78 Å². The third-order valence-electron chi connectivity index (χ3n) is 7.36. The summed E-state index contributed by atoms with van der Waals surface area (Å²) in [7, 11) is 0. The molecule has 1 saturated heterocycles. The van der Waals surface area contributed by atoms with Crippen LogP contribution in [0.2, 0.25) is 5.15 Å². The second-order valence-corrected chi connectivity index (χ2v) is 11.3. The molecule has 0 radical (unpaired) electrons. The van der Waals surface area contributed by atoms with Crippen molar-refractivity contribution in [1.29, 1.82) is 0 Å². The van der Waals surface area contributed by atoms with Crippen LogP contribution in [0.25, 0.3) is 0 Å². The van der Waals surface area contributed by atoms with Gasteiger partial charge in [0.2, 0.25) is 0 Å². The van der Waals surface area contributed by atoms with Gasteiger partial charge in [0.15, 0.2) is 0 Å². The molecule has 0 aromatic carbocycles. The molecule has 0 unspecified atom stereocenters. The third kappa shape index (κ3) is 7.65. The standard InChI is InChI=1S/C29H35ClN6O3S/c1-19-16-25(30)33-21(3)26(19)28(38)32-12-4-20(2)35-13-7-24(8-14-35)36(17-22-9-15-40-18-22)29(39)34-27(37)23-5-10-31-11-6-23/h5-6,9-11,15-16,18,20,24H,4,7-8,12-14,17H2,1-3H3,(H,32,38)(H,34,37,39)/t20-/m1/s1. The number of pyridine rings is 2. The zero-order valence-corrected chi connectivity index (χ0v) is 24.6. The number of piperidine rings is 1. The van der Waals surface area contributed by atoms with Crippen molar-refractivity contribution in [3.05, 3.63) is 80.5 Å². The predicted molar refractivity (Wildman–Crippen MR) is 157 cm³/mol. The Bertz CT molecular complexity index is 1290. The molecular formula is C29H35ClN6O3S. The van der Waals surface area contributed by atoms with Gasteiger partial charge in [0.05, 0.1) is 11.3 Å². The molecule has 3 aromatic rings. The van der Waals surface area contributed by atoms with E-state index in [4.69, 9.17) is 11.6 Å². The van der Waals surface area contributed by atoms with Gasteiger partial charge >= 0.3 is 6.03 Å². The minimum Gasteiger partial charge on any atom is -0.352 e.